The second-order valence-corrected chi connectivity index (χ2v) is 4.88. The van der Waals surface area contributed by atoms with Gasteiger partial charge in [-0.2, -0.15) is 0 Å². The molecule has 1 rings (SSSR count). The zero-order valence-electron chi connectivity index (χ0n) is 11.9. The Kier molecular flexibility index (Phi) is 7.71. The summed E-state index contributed by atoms with van der Waals surface area (Å²) in [4.78, 5) is 11.6. The summed E-state index contributed by atoms with van der Waals surface area (Å²) in [6.07, 6.45) is 8.85. The predicted octanol–water partition coefficient (Wildman–Crippen LogP) is 4.31. The van der Waals surface area contributed by atoms with Gasteiger partial charge in [0.2, 0.25) is 0 Å². The molecule has 0 radical (unpaired) electrons. The number of para-hydroxylation sites is 2. The van der Waals surface area contributed by atoms with Crippen molar-refractivity contribution in [2.24, 2.45) is 0 Å². The third kappa shape index (κ3) is 6.85. The maximum atomic E-state index is 11.6. The fourth-order valence-electron chi connectivity index (χ4n) is 1.97. The molecule has 19 heavy (non-hydrogen) atoms. The first-order chi connectivity index (χ1) is 9.24. The normalized spacial score (nSPS) is 10.4. The van der Waals surface area contributed by atoms with Crippen LogP contribution in [0.25, 0.3) is 0 Å². The minimum absolute atomic E-state index is 0.188. The number of carbonyl (C=O) groups excluding carboxylic acids is 1. The minimum Gasteiger partial charge on any atom is -0.424 e. The molecule has 0 fully saturated rings. The summed E-state index contributed by atoms with van der Waals surface area (Å²) < 4.78 is 5.23. The standard InChI is InChI=1S/C16H25NO2/c1-2-3-4-5-6-7-8-13-16(18)19-15-12-10-9-11-14(15)17/h9-12H,2-8,13,17H2,1H3. The van der Waals surface area contributed by atoms with Gasteiger partial charge in [-0.25, -0.2) is 0 Å². The molecule has 106 valence electrons. The van der Waals surface area contributed by atoms with Crippen molar-refractivity contribution in [3.05, 3.63) is 24.3 Å². The van der Waals surface area contributed by atoms with Crippen LogP contribution in [-0.4, -0.2) is 5.97 Å². The molecule has 0 atom stereocenters. The number of esters is 1. The van der Waals surface area contributed by atoms with Crippen LogP contribution < -0.4 is 10.5 Å². The molecule has 0 aliphatic carbocycles. The van der Waals surface area contributed by atoms with E-state index in [0.717, 1.165) is 12.8 Å². The summed E-state index contributed by atoms with van der Waals surface area (Å²) in [6, 6.07) is 7.09. The molecule has 0 aromatic heterocycles. The van der Waals surface area contributed by atoms with Gasteiger partial charge < -0.3 is 10.5 Å². The van der Waals surface area contributed by atoms with Crippen molar-refractivity contribution in [3.8, 4) is 5.75 Å². The van der Waals surface area contributed by atoms with Crippen LogP contribution >= 0.6 is 0 Å². The first-order valence-corrected chi connectivity index (χ1v) is 7.29. The van der Waals surface area contributed by atoms with E-state index in [-0.39, 0.29) is 5.97 Å². The lowest BCUT2D eigenvalue weighted by molar-refractivity contribution is -0.134. The first-order valence-electron chi connectivity index (χ1n) is 7.29. The molecular formula is C16H25NO2. The molecule has 0 spiro atoms. The summed E-state index contributed by atoms with van der Waals surface area (Å²) in [5.41, 5.74) is 6.22. The number of benzene rings is 1. The monoisotopic (exact) mass is 263 g/mol. The highest BCUT2D eigenvalue weighted by molar-refractivity contribution is 5.74. The summed E-state index contributed by atoms with van der Waals surface area (Å²) in [6.45, 7) is 2.21. The van der Waals surface area contributed by atoms with Crippen LogP contribution in [0.4, 0.5) is 5.69 Å². The largest absolute Gasteiger partial charge is 0.424 e. The predicted molar refractivity (Wildman–Crippen MR) is 79.1 cm³/mol. The van der Waals surface area contributed by atoms with Crippen LogP contribution in [0.1, 0.15) is 58.3 Å². The Labute approximate surface area is 116 Å². The molecule has 0 aliphatic rings. The van der Waals surface area contributed by atoms with Crippen LogP contribution in [-0.2, 0) is 4.79 Å². The smallest absolute Gasteiger partial charge is 0.311 e. The van der Waals surface area contributed by atoms with Gasteiger partial charge in [0.1, 0.15) is 0 Å². The highest BCUT2D eigenvalue weighted by Crippen LogP contribution is 2.20. The van der Waals surface area contributed by atoms with Gasteiger partial charge in [-0.1, -0.05) is 57.6 Å². The maximum Gasteiger partial charge on any atom is 0.311 e. The molecule has 0 aliphatic heterocycles. The van der Waals surface area contributed by atoms with Gasteiger partial charge in [-0.3, -0.25) is 4.79 Å². The Balaban J connectivity index is 2.10. The number of nitrogens with two attached hydrogens (primary N) is 1. The van der Waals surface area contributed by atoms with E-state index in [1.165, 1.54) is 32.1 Å². The van der Waals surface area contributed by atoms with E-state index >= 15 is 0 Å². The van der Waals surface area contributed by atoms with Crippen molar-refractivity contribution in [1.29, 1.82) is 0 Å². The number of hydrogen-bond acceptors (Lipinski definition) is 3. The van der Waals surface area contributed by atoms with Gasteiger partial charge in [0.05, 0.1) is 5.69 Å². The van der Waals surface area contributed by atoms with Crippen molar-refractivity contribution < 1.29 is 9.53 Å². The molecule has 0 heterocycles. The summed E-state index contributed by atoms with van der Waals surface area (Å²) in [5, 5.41) is 0. The molecule has 2 N–H and O–H groups in total. The Bertz CT molecular complexity index is 377. The Morgan fingerprint density at radius 1 is 1.05 bits per heavy atom. The number of anilines is 1. The fraction of sp³-hybridized carbons (Fsp3) is 0.562. The summed E-state index contributed by atoms with van der Waals surface area (Å²) in [7, 11) is 0. The van der Waals surface area contributed by atoms with Gasteiger partial charge in [0, 0.05) is 6.42 Å². The van der Waals surface area contributed by atoms with Gasteiger partial charge in [0.15, 0.2) is 5.75 Å². The third-order valence-electron chi connectivity index (χ3n) is 3.13. The van der Waals surface area contributed by atoms with Crippen LogP contribution in [0.3, 0.4) is 0 Å². The van der Waals surface area contributed by atoms with E-state index in [1.54, 1.807) is 12.1 Å². The van der Waals surface area contributed by atoms with Crippen molar-refractivity contribution in [2.75, 3.05) is 5.73 Å². The number of nitrogen functional groups attached to an aromatic ring is 1. The minimum atomic E-state index is -0.188. The zero-order valence-corrected chi connectivity index (χ0v) is 11.9. The molecule has 1 aromatic carbocycles. The average molecular weight is 263 g/mol. The number of unbranched alkanes of at least 4 members (excludes halogenated alkanes) is 6. The summed E-state index contributed by atoms with van der Waals surface area (Å²) >= 11 is 0. The van der Waals surface area contributed by atoms with E-state index in [1.807, 2.05) is 12.1 Å². The second kappa shape index (κ2) is 9.42. The number of rotatable bonds is 9. The highest BCUT2D eigenvalue weighted by Gasteiger charge is 2.06. The van der Waals surface area contributed by atoms with E-state index in [2.05, 4.69) is 6.92 Å². The Morgan fingerprint density at radius 3 is 2.37 bits per heavy atom. The first kappa shape index (κ1) is 15.5. The summed E-state index contributed by atoms with van der Waals surface area (Å²) in [5.74, 6) is 0.280. The maximum absolute atomic E-state index is 11.6. The van der Waals surface area contributed by atoms with Gasteiger partial charge in [-0.05, 0) is 18.6 Å². The van der Waals surface area contributed by atoms with Gasteiger partial charge >= 0.3 is 5.97 Å². The quantitative estimate of drug-likeness (QED) is 0.312. The molecule has 1 aromatic rings. The van der Waals surface area contributed by atoms with E-state index in [4.69, 9.17) is 10.5 Å². The fourth-order valence-corrected chi connectivity index (χ4v) is 1.97. The van der Waals surface area contributed by atoms with E-state index in [0.29, 0.717) is 17.9 Å². The molecule has 0 saturated heterocycles. The van der Waals surface area contributed by atoms with E-state index in [9.17, 15) is 4.79 Å². The zero-order chi connectivity index (χ0) is 13.9. The molecule has 3 nitrogen and oxygen atoms in total. The Morgan fingerprint density at radius 2 is 1.68 bits per heavy atom. The molecule has 0 saturated carbocycles. The van der Waals surface area contributed by atoms with Gasteiger partial charge in [0.25, 0.3) is 0 Å². The van der Waals surface area contributed by atoms with Crippen LogP contribution in [0.2, 0.25) is 0 Å². The highest BCUT2D eigenvalue weighted by atomic mass is 16.5. The van der Waals surface area contributed by atoms with Crippen LogP contribution in [0.5, 0.6) is 5.75 Å². The lowest BCUT2D eigenvalue weighted by atomic mass is 10.1. The van der Waals surface area contributed by atoms with Crippen LogP contribution in [0.15, 0.2) is 24.3 Å². The SMILES string of the molecule is CCCCCCCCCC(=O)Oc1ccccc1N. The van der Waals surface area contributed by atoms with Crippen molar-refractivity contribution in [3.63, 3.8) is 0 Å². The number of ether oxygens (including phenoxy) is 1. The third-order valence-corrected chi connectivity index (χ3v) is 3.13. The van der Waals surface area contributed by atoms with E-state index < -0.39 is 0 Å². The molecule has 0 bridgehead atoms. The van der Waals surface area contributed by atoms with Gasteiger partial charge in [-0.15, -0.1) is 0 Å². The van der Waals surface area contributed by atoms with Crippen molar-refractivity contribution in [2.45, 2.75) is 58.3 Å². The lowest BCUT2D eigenvalue weighted by Gasteiger charge is -2.06. The molecular weight excluding hydrogens is 238 g/mol. The number of carbonyl (C=O) groups is 1. The molecule has 3 heteroatoms. The topological polar surface area (TPSA) is 52.3 Å². The average Bonchev–Trinajstić information content (AvgIpc) is 2.40. The van der Waals surface area contributed by atoms with Crippen molar-refractivity contribution in [1.82, 2.24) is 0 Å². The Hall–Kier alpha value is -1.51. The molecule has 0 unspecified atom stereocenters. The molecule has 0 amide bonds. The number of hydrogen-bond donors (Lipinski definition) is 1. The second-order valence-electron chi connectivity index (χ2n) is 4.88. The lowest BCUT2D eigenvalue weighted by Crippen LogP contribution is -2.08. The van der Waals surface area contributed by atoms with Crippen LogP contribution in [0, 0.1) is 0 Å². The van der Waals surface area contributed by atoms with Crippen molar-refractivity contribution >= 4 is 11.7 Å².